The summed E-state index contributed by atoms with van der Waals surface area (Å²) in [4.78, 5) is 72.9. The van der Waals surface area contributed by atoms with E-state index >= 15 is 0 Å². The van der Waals surface area contributed by atoms with Crippen molar-refractivity contribution in [2.45, 2.75) is 413 Å². The molecule has 0 radical (unpaired) electrons. The largest absolute Gasteiger partial charge is 0.459 e. The van der Waals surface area contributed by atoms with E-state index in [0.29, 0.717) is 35.5 Å². The molecule has 12 bridgehead atoms. The Morgan fingerprint density at radius 3 is 0.921 bits per heavy atom. The summed E-state index contributed by atoms with van der Waals surface area (Å²) < 4.78 is 35.7. The van der Waals surface area contributed by atoms with E-state index in [9.17, 15) is 28.8 Å². The molecule has 12 rings (SSSR count). The number of hydrogen-bond donors (Lipinski definition) is 0. The highest BCUT2D eigenvalue weighted by molar-refractivity contribution is 5.78. The molecule has 12 saturated carbocycles. The molecule has 12 heteroatoms. The van der Waals surface area contributed by atoms with E-state index < -0.39 is 0 Å². The van der Waals surface area contributed by atoms with E-state index in [4.69, 9.17) is 28.4 Å². The Morgan fingerprint density at radius 2 is 0.634 bits per heavy atom. The highest BCUT2D eigenvalue weighted by Gasteiger charge is 2.71. The lowest BCUT2D eigenvalue weighted by Gasteiger charge is -2.51. The van der Waals surface area contributed by atoms with E-state index in [-0.39, 0.29) is 125 Å². The Labute approximate surface area is 617 Å². The van der Waals surface area contributed by atoms with Crippen molar-refractivity contribution in [1.29, 1.82) is 0 Å². The van der Waals surface area contributed by atoms with Gasteiger partial charge in [0.2, 0.25) is 0 Å². The highest BCUT2D eigenvalue weighted by Crippen LogP contribution is 2.71. The van der Waals surface area contributed by atoms with Gasteiger partial charge in [-0.15, -0.1) is 0 Å². The van der Waals surface area contributed by atoms with E-state index in [1.54, 1.807) is 0 Å². The normalized spacial score (nSPS) is 39.5. The number of carbonyl (C=O) groups excluding carboxylic acids is 6. The molecule has 12 nitrogen and oxygen atoms in total. The average molecular weight is 1420 g/mol. The molecule has 0 amide bonds. The highest BCUT2D eigenvalue weighted by atomic mass is 16.6. The van der Waals surface area contributed by atoms with E-state index in [1.165, 1.54) is 116 Å². The third-order valence-electron chi connectivity index (χ3n) is 32.7. The van der Waals surface area contributed by atoms with Gasteiger partial charge in [0.1, 0.15) is 33.6 Å². The number of rotatable bonds is 20. The molecule has 12 aliphatic carbocycles. The van der Waals surface area contributed by atoms with Gasteiger partial charge >= 0.3 is 35.8 Å². The van der Waals surface area contributed by atoms with Gasteiger partial charge in [-0.1, -0.05) is 118 Å². The van der Waals surface area contributed by atoms with Crippen molar-refractivity contribution in [3.8, 4) is 0 Å². The summed E-state index contributed by atoms with van der Waals surface area (Å²) in [6.07, 6.45) is 34.5. The van der Waals surface area contributed by atoms with Crippen LogP contribution in [0.15, 0.2) is 0 Å². The fraction of sp³-hybridized carbons (Fsp3) is 0.933. The Morgan fingerprint density at radius 1 is 0.337 bits per heavy atom. The monoisotopic (exact) mass is 1420 g/mol. The molecule has 0 heterocycles. The van der Waals surface area contributed by atoms with Crippen molar-refractivity contribution in [2.24, 2.45) is 115 Å². The molecule has 0 aromatic heterocycles. The van der Waals surface area contributed by atoms with Gasteiger partial charge < -0.3 is 28.4 Å². The van der Waals surface area contributed by atoms with Crippen LogP contribution in [0.5, 0.6) is 0 Å². The summed E-state index contributed by atoms with van der Waals surface area (Å²) >= 11 is 0. The summed E-state index contributed by atoms with van der Waals surface area (Å²) in [7, 11) is 0. The minimum atomic E-state index is -0.378. The van der Waals surface area contributed by atoms with Crippen LogP contribution in [0.4, 0.5) is 0 Å². The molecule has 12 aliphatic rings. The molecule has 0 aliphatic heterocycles. The van der Waals surface area contributed by atoms with Crippen LogP contribution in [0.2, 0.25) is 0 Å². The van der Waals surface area contributed by atoms with Gasteiger partial charge in [-0.25, -0.2) is 0 Å². The minimum absolute atomic E-state index is 0.00699. The standard InChI is InChI=1S/C17H30O2.C16H28O2.C15H26O2.2C14H24O2.C13H22O2/c1-8-14(2,3)13(18)19-17(7)15(4,5)12-9-10-16(17,6)11-12;1-7-11(2)13(17)18-16(6)14(3,4)12-8-9-15(16,5)10-12;1-5-14(3,4)13(16)17-15(6-2)10-11-7-8-12(15)9-11;1-5-13(2,3)12(15)16-14(4)9-10-6-7-11(14)8-10;1-4-10(3)13(15)16-14(5-2)9-11-6-7-12(14)8-11;1-4-9(2)12(14)15-13(3)8-10-5-6-11(13)7-10/h12H,8-11H2,1-7H3;11-12H,7-10H2,1-6H3;11-12H,5-10H2,1-4H3;10-11H,5-9H2,1-4H3;10-12H,4-9H2,1-3H3;9-11H,4-8H2,1-3H3. The van der Waals surface area contributed by atoms with Crippen LogP contribution in [0.1, 0.15) is 380 Å². The zero-order valence-corrected chi connectivity index (χ0v) is 70.1. The van der Waals surface area contributed by atoms with Crippen molar-refractivity contribution in [3.63, 3.8) is 0 Å². The van der Waals surface area contributed by atoms with Crippen LogP contribution in [0.25, 0.3) is 0 Å². The zero-order chi connectivity index (χ0) is 75.9. The van der Waals surface area contributed by atoms with E-state index in [1.807, 2.05) is 90.0 Å². The lowest BCUT2D eigenvalue weighted by molar-refractivity contribution is -0.202. The van der Waals surface area contributed by atoms with Gasteiger partial charge in [-0.2, -0.15) is 0 Å². The zero-order valence-electron chi connectivity index (χ0n) is 70.1. The Bertz CT molecular complexity index is 2850. The van der Waals surface area contributed by atoms with E-state index in [0.717, 1.165) is 101 Å². The molecule has 101 heavy (non-hydrogen) atoms. The molecular formula is C89H154O12. The number of carbonyl (C=O) groups is 6. The molecule has 0 aromatic rings. The van der Waals surface area contributed by atoms with Crippen LogP contribution in [-0.2, 0) is 57.2 Å². The first kappa shape index (κ1) is 85.1. The second-order valence-corrected chi connectivity index (χ2v) is 40.4. The summed E-state index contributed by atoms with van der Waals surface area (Å²) in [6.45, 7) is 56.8. The predicted octanol–water partition coefficient (Wildman–Crippen LogP) is 22.9. The van der Waals surface area contributed by atoms with Crippen molar-refractivity contribution in [1.82, 2.24) is 0 Å². The van der Waals surface area contributed by atoms with Crippen molar-refractivity contribution >= 4 is 35.8 Å². The van der Waals surface area contributed by atoms with Crippen LogP contribution in [0, 0.1) is 115 Å². The summed E-state index contributed by atoms with van der Waals surface area (Å²) in [5.74, 6) is 7.34. The van der Waals surface area contributed by atoms with Gasteiger partial charge in [-0.05, 0) is 321 Å². The van der Waals surface area contributed by atoms with Gasteiger partial charge in [0, 0.05) is 21.7 Å². The topological polar surface area (TPSA) is 158 Å². The minimum Gasteiger partial charge on any atom is -0.459 e. The second-order valence-electron chi connectivity index (χ2n) is 40.4. The maximum absolute atomic E-state index is 12.5. The predicted molar refractivity (Wildman–Crippen MR) is 407 cm³/mol. The Balaban J connectivity index is 0.000000170. The fourth-order valence-electron chi connectivity index (χ4n) is 21.7. The maximum Gasteiger partial charge on any atom is 0.312 e. The van der Waals surface area contributed by atoms with Crippen molar-refractivity contribution in [3.05, 3.63) is 0 Å². The number of esters is 6. The number of hydrogen-bond acceptors (Lipinski definition) is 12. The third-order valence-corrected chi connectivity index (χ3v) is 32.7. The molecule has 12 fully saturated rings. The van der Waals surface area contributed by atoms with Crippen LogP contribution >= 0.6 is 0 Å². The summed E-state index contributed by atoms with van der Waals surface area (Å²) in [5.41, 5.74) is -1.67. The average Bonchev–Trinajstić information content (AvgIpc) is 1.54. The second kappa shape index (κ2) is 31.6. The smallest absolute Gasteiger partial charge is 0.312 e. The summed E-state index contributed by atoms with van der Waals surface area (Å²) in [6, 6.07) is 0. The summed E-state index contributed by atoms with van der Waals surface area (Å²) in [5, 5.41) is 0. The van der Waals surface area contributed by atoms with Gasteiger partial charge in [0.15, 0.2) is 0 Å². The van der Waals surface area contributed by atoms with Crippen molar-refractivity contribution in [2.75, 3.05) is 0 Å². The van der Waals surface area contributed by atoms with Crippen molar-refractivity contribution < 1.29 is 57.2 Å². The molecule has 21 atom stereocenters. The van der Waals surface area contributed by atoms with Gasteiger partial charge in [0.25, 0.3) is 0 Å². The molecule has 21 unspecified atom stereocenters. The maximum atomic E-state index is 12.5. The molecule has 582 valence electrons. The van der Waals surface area contributed by atoms with Crippen LogP contribution in [-0.4, -0.2) is 69.4 Å². The molecule has 0 saturated heterocycles. The molecule has 0 aromatic carbocycles. The fourth-order valence-corrected chi connectivity index (χ4v) is 21.7. The quantitative estimate of drug-likeness (QED) is 0.0840. The lowest BCUT2D eigenvalue weighted by Crippen LogP contribution is -2.55. The SMILES string of the molecule is CCC(C)(C)C(=O)OC1(C)C2(C)CCC(C2)C1(C)C.CCC(C)(C)C(=O)OC1(C)CC2CCC1C2.CCC(C)(C)C(=O)OC1(CC)CC2CCC1C2.CCC(C)C(=O)OC1(C)C2(C)CCC(C2)C1(C)C.CCC(C)C(=O)OC1(C)CC2CCC1C2.CCC(C)C(=O)OC1(CC)CC2CCC1C2. The van der Waals surface area contributed by atoms with Crippen LogP contribution < -0.4 is 0 Å². The first-order chi connectivity index (χ1) is 46.6. The van der Waals surface area contributed by atoms with Gasteiger partial charge in [0.05, 0.1) is 34.0 Å². The molecule has 0 N–H and O–H groups in total. The number of ether oxygens (including phenoxy) is 6. The van der Waals surface area contributed by atoms with Gasteiger partial charge in [-0.3, -0.25) is 28.8 Å². The first-order valence-electron chi connectivity index (χ1n) is 42.0. The van der Waals surface area contributed by atoms with E-state index in [2.05, 4.69) is 96.9 Å². The lowest BCUT2D eigenvalue weighted by atomic mass is 9.61. The first-order valence-corrected chi connectivity index (χ1v) is 42.0. The van der Waals surface area contributed by atoms with Crippen LogP contribution in [0.3, 0.4) is 0 Å². The third kappa shape index (κ3) is 16.8. The number of fused-ring (bicyclic) bond motifs is 12. The molecular weight excluding hydrogens is 1260 g/mol. The Kier molecular flexibility index (Phi) is 26.6. The Hall–Kier alpha value is -3.18. The molecule has 0 spiro atoms.